The molecule has 0 aliphatic carbocycles. The minimum Gasteiger partial charge on any atom is -0.382 e. The summed E-state index contributed by atoms with van der Waals surface area (Å²) in [6.45, 7) is 6.40. The molecule has 0 unspecified atom stereocenters. The highest BCUT2D eigenvalue weighted by Crippen LogP contribution is 2.12. The number of ether oxygens (including phenoxy) is 4. The van der Waals surface area contributed by atoms with E-state index in [9.17, 15) is 13.2 Å². The predicted octanol–water partition coefficient (Wildman–Crippen LogP) is 2.29. The molecule has 0 amide bonds. The van der Waals surface area contributed by atoms with Crippen LogP contribution in [0.1, 0.15) is 12.5 Å². The van der Waals surface area contributed by atoms with Gasteiger partial charge in [-0.1, -0.05) is 29.5 Å². The molecule has 0 saturated carbocycles. The van der Waals surface area contributed by atoms with E-state index in [0.717, 1.165) is 11.3 Å². The third-order valence-corrected chi connectivity index (χ3v) is 5.28. The van der Waals surface area contributed by atoms with E-state index in [1.807, 2.05) is 6.92 Å². The molecular formula is C19H32O8S2. The molecule has 0 aromatic heterocycles. The lowest BCUT2D eigenvalue weighted by Gasteiger charge is -2.06. The van der Waals surface area contributed by atoms with E-state index in [-0.39, 0.29) is 23.2 Å². The summed E-state index contributed by atoms with van der Waals surface area (Å²) < 4.78 is 48.1. The van der Waals surface area contributed by atoms with Crippen LogP contribution < -0.4 is 0 Å². The highest BCUT2D eigenvalue weighted by atomic mass is 32.2. The second kappa shape index (κ2) is 17.8. The van der Waals surface area contributed by atoms with Crippen LogP contribution in [0.4, 0.5) is 0 Å². The fraction of sp³-hybridized carbons (Fsp3) is 0.632. The summed E-state index contributed by atoms with van der Waals surface area (Å²) >= 11 is 1.28. The molecule has 0 radical (unpaired) electrons. The van der Waals surface area contributed by atoms with E-state index >= 15 is 0 Å². The van der Waals surface area contributed by atoms with Gasteiger partial charge in [-0.2, -0.15) is 8.42 Å². The maximum absolute atomic E-state index is 11.7. The second-order valence-corrected chi connectivity index (χ2v) is 8.53. The average Bonchev–Trinajstić information content (AvgIpc) is 2.68. The van der Waals surface area contributed by atoms with Gasteiger partial charge in [-0.05, 0) is 19.1 Å². The number of aryl methyl sites for hydroxylation is 1. The van der Waals surface area contributed by atoms with Crippen molar-refractivity contribution in [3.8, 4) is 0 Å². The van der Waals surface area contributed by atoms with Crippen LogP contribution >= 0.6 is 11.8 Å². The van der Waals surface area contributed by atoms with Crippen LogP contribution in [0.2, 0.25) is 0 Å². The molecular weight excluding hydrogens is 420 g/mol. The number of rotatable bonds is 14. The first-order valence-corrected chi connectivity index (χ1v) is 11.5. The number of carbonyl (C=O) groups is 1. The van der Waals surface area contributed by atoms with Gasteiger partial charge in [0.1, 0.15) is 0 Å². The van der Waals surface area contributed by atoms with Crippen molar-refractivity contribution in [2.45, 2.75) is 18.7 Å². The van der Waals surface area contributed by atoms with Crippen molar-refractivity contribution in [2.75, 3.05) is 66.2 Å². The van der Waals surface area contributed by atoms with Gasteiger partial charge in [-0.3, -0.25) is 8.98 Å². The van der Waals surface area contributed by atoms with Gasteiger partial charge >= 0.3 is 0 Å². The fourth-order valence-corrected chi connectivity index (χ4v) is 3.09. The Morgan fingerprint density at radius 3 is 1.90 bits per heavy atom. The van der Waals surface area contributed by atoms with E-state index in [1.165, 1.54) is 23.9 Å². The summed E-state index contributed by atoms with van der Waals surface area (Å²) in [5.74, 6) is 0.735. The maximum atomic E-state index is 11.7. The van der Waals surface area contributed by atoms with Crippen LogP contribution in [0.5, 0.6) is 0 Å². The molecule has 0 aliphatic rings. The van der Waals surface area contributed by atoms with Gasteiger partial charge < -0.3 is 18.9 Å². The lowest BCUT2D eigenvalue weighted by atomic mass is 10.2. The molecule has 1 aromatic carbocycles. The van der Waals surface area contributed by atoms with Gasteiger partial charge in [0.25, 0.3) is 10.1 Å². The molecule has 10 heteroatoms. The Morgan fingerprint density at radius 1 is 0.862 bits per heavy atom. The standard InChI is InChI=1S/C12H18O5S.C7H14O3S/c1-11-3-5-12(6-4-11)18(13,14)17-10-9-16-8-7-15-2;1-7(8)11-6-5-10-4-3-9-2/h3-6H,7-10H2,1-2H3;3-6H2,1-2H3. The maximum Gasteiger partial charge on any atom is 0.297 e. The number of thioether (sulfide) groups is 1. The lowest BCUT2D eigenvalue weighted by Crippen LogP contribution is -2.13. The molecule has 0 fully saturated rings. The van der Waals surface area contributed by atoms with Crippen molar-refractivity contribution in [3.05, 3.63) is 29.8 Å². The molecule has 0 atom stereocenters. The van der Waals surface area contributed by atoms with Crippen molar-refractivity contribution in [1.82, 2.24) is 0 Å². The van der Waals surface area contributed by atoms with Gasteiger partial charge in [-0.25, -0.2) is 0 Å². The first-order valence-electron chi connectivity index (χ1n) is 9.06. The average molecular weight is 453 g/mol. The number of hydrogen-bond donors (Lipinski definition) is 0. The van der Waals surface area contributed by atoms with Crippen molar-refractivity contribution < 1.29 is 36.3 Å². The van der Waals surface area contributed by atoms with Crippen molar-refractivity contribution in [1.29, 1.82) is 0 Å². The zero-order valence-corrected chi connectivity index (χ0v) is 19.2. The van der Waals surface area contributed by atoms with Crippen LogP contribution in [0.25, 0.3) is 0 Å². The Hall–Kier alpha value is -1.01. The van der Waals surface area contributed by atoms with Gasteiger partial charge in [0, 0.05) is 26.9 Å². The van der Waals surface area contributed by atoms with E-state index < -0.39 is 10.1 Å². The van der Waals surface area contributed by atoms with Crippen molar-refractivity contribution >= 4 is 27.0 Å². The molecule has 0 bridgehead atoms. The zero-order chi connectivity index (χ0) is 22.0. The summed E-state index contributed by atoms with van der Waals surface area (Å²) in [5, 5.41) is 0.139. The smallest absolute Gasteiger partial charge is 0.297 e. The minimum absolute atomic E-state index is 0.0000753. The SMILES string of the molecule is COCCOCCOS(=O)(=O)c1ccc(C)cc1.COCCOCCSC(C)=O. The highest BCUT2D eigenvalue weighted by molar-refractivity contribution is 8.13. The third-order valence-electron chi connectivity index (χ3n) is 3.17. The van der Waals surface area contributed by atoms with Crippen LogP contribution in [-0.2, 0) is 38.0 Å². The summed E-state index contributed by atoms with van der Waals surface area (Å²) in [7, 11) is -0.477. The first-order chi connectivity index (χ1) is 13.8. The highest BCUT2D eigenvalue weighted by Gasteiger charge is 2.14. The van der Waals surface area contributed by atoms with E-state index in [2.05, 4.69) is 0 Å². The fourth-order valence-electron chi connectivity index (χ4n) is 1.71. The number of carbonyl (C=O) groups excluding carboxylic acids is 1. The van der Waals surface area contributed by atoms with Gasteiger partial charge in [-0.15, -0.1) is 0 Å². The summed E-state index contributed by atoms with van der Waals surface area (Å²) in [5.41, 5.74) is 0.997. The zero-order valence-electron chi connectivity index (χ0n) is 17.5. The molecule has 8 nitrogen and oxygen atoms in total. The third kappa shape index (κ3) is 16.5. The molecule has 0 spiro atoms. The van der Waals surface area contributed by atoms with Gasteiger partial charge in [0.05, 0.1) is 51.1 Å². The first kappa shape index (κ1) is 28.0. The quantitative estimate of drug-likeness (QED) is 0.311. The summed E-state index contributed by atoms with van der Waals surface area (Å²) in [4.78, 5) is 10.6. The molecule has 0 N–H and O–H groups in total. The lowest BCUT2D eigenvalue weighted by molar-refractivity contribution is -0.109. The Labute approximate surface area is 178 Å². The topological polar surface area (TPSA) is 97.4 Å². The van der Waals surface area contributed by atoms with E-state index in [0.29, 0.717) is 33.0 Å². The normalized spacial score (nSPS) is 11.0. The Kier molecular flexibility index (Phi) is 17.2. The number of benzene rings is 1. The number of methoxy groups -OCH3 is 2. The Bertz CT molecular complexity index is 632. The molecule has 168 valence electrons. The van der Waals surface area contributed by atoms with Crippen LogP contribution in [-0.4, -0.2) is 79.8 Å². The van der Waals surface area contributed by atoms with E-state index in [1.54, 1.807) is 33.3 Å². The van der Waals surface area contributed by atoms with Crippen molar-refractivity contribution in [2.24, 2.45) is 0 Å². The second-order valence-electron chi connectivity index (χ2n) is 5.64. The monoisotopic (exact) mass is 452 g/mol. The number of hydrogen-bond acceptors (Lipinski definition) is 9. The van der Waals surface area contributed by atoms with E-state index in [4.69, 9.17) is 23.1 Å². The summed E-state index contributed by atoms with van der Waals surface area (Å²) in [6.07, 6.45) is 0. The molecule has 29 heavy (non-hydrogen) atoms. The largest absolute Gasteiger partial charge is 0.382 e. The summed E-state index contributed by atoms with van der Waals surface area (Å²) in [6, 6.07) is 6.50. The molecule has 0 heterocycles. The molecule has 1 aromatic rings. The van der Waals surface area contributed by atoms with Crippen LogP contribution in [0, 0.1) is 6.92 Å². The molecule has 0 saturated heterocycles. The van der Waals surface area contributed by atoms with Crippen LogP contribution in [0.15, 0.2) is 29.2 Å². The Morgan fingerprint density at radius 2 is 1.38 bits per heavy atom. The predicted molar refractivity (Wildman–Crippen MR) is 113 cm³/mol. The van der Waals surface area contributed by atoms with Crippen molar-refractivity contribution in [3.63, 3.8) is 0 Å². The Balaban J connectivity index is 0.000000614. The van der Waals surface area contributed by atoms with Gasteiger partial charge in [0.15, 0.2) is 5.12 Å². The molecule has 1 rings (SSSR count). The minimum atomic E-state index is -3.68. The van der Waals surface area contributed by atoms with Crippen LogP contribution in [0.3, 0.4) is 0 Å². The van der Waals surface area contributed by atoms with Gasteiger partial charge in [0.2, 0.25) is 0 Å². The molecule has 0 aliphatic heterocycles.